The van der Waals surface area contributed by atoms with E-state index >= 15 is 0 Å². The normalized spacial score (nSPS) is 10.9. The van der Waals surface area contributed by atoms with Crippen LogP contribution in [0.1, 0.15) is 22.6 Å². The fraction of sp³-hybridized carbons (Fsp3) is 0.375. The van der Waals surface area contributed by atoms with E-state index in [0.717, 1.165) is 37.6 Å². The van der Waals surface area contributed by atoms with E-state index in [0.29, 0.717) is 0 Å². The van der Waals surface area contributed by atoms with Gasteiger partial charge in [0.25, 0.3) is 0 Å². The average Bonchev–Trinajstić information content (AvgIpc) is 2.93. The lowest BCUT2D eigenvalue weighted by atomic mass is 10.1. The van der Waals surface area contributed by atoms with Crippen LogP contribution in [0.15, 0.2) is 40.8 Å². The van der Waals surface area contributed by atoms with E-state index < -0.39 is 0 Å². The molecule has 0 saturated heterocycles. The van der Waals surface area contributed by atoms with Gasteiger partial charge in [-0.3, -0.25) is 4.99 Å². The van der Waals surface area contributed by atoms with Crippen molar-refractivity contribution in [2.75, 3.05) is 13.6 Å². The minimum absolute atomic E-state index is 0. The summed E-state index contributed by atoms with van der Waals surface area (Å²) in [6, 6.07) is 10.6. The zero-order chi connectivity index (χ0) is 14.9. The summed E-state index contributed by atoms with van der Waals surface area (Å²) in [7, 11) is 1.80. The van der Waals surface area contributed by atoms with Crippen molar-refractivity contribution in [1.82, 2.24) is 15.6 Å². The van der Waals surface area contributed by atoms with Gasteiger partial charge < -0.3 is 10.6 Å². The highest BCUT2D eigenvalue weighted by molar-refractivity contribution is 14.0. The molecule has 0 atom stereocenters. The summed E-state index contributed by atoms with van der Waals surface area (Å²) in [5.74, 6) is 0.843. The molecule has 0 radical (unpaired) electrons. The third-order valence-electron chi connectivity index (χ3n) is 3.26. The van der Waals surface area contributed by atoms with Crippen molar-refractivity contribution >= 4 is 41.3 Å². The van der Waals surface area contributed by atoms with Crippen LogP contribution in [0.4, 0.5) is 0 Å². The molecule has 1 aromatic heterocycles. The highest BCUT2D eigenvalue weighted by Crippen LogP contribution is 2.10. The van der Waals surface area contributed by atoms with Gasteiger partial charge in [-0.2, -0.15) is 0 Å². The first-order chi connectivity index (χ1) is 10.3. The molecule has 0 spiro atoms. The Morgan fingerprint density at radius 3 is 2.64 bits per heavy atom. The van der Waals surface area contributed by atoms with Crippen molar-refractivity contribution < 1.29 is 0 Å². The van der Waals surface area contributed by atoms with Gasteiger partial charge in [-0.05, 0) is 25.3 Å². The third kappa shape index (κ3) is 6.31. The Balaban J connectivity index is 0.00000242. The van der Waals surface area contributed by atoms with Crippen LogP contribution in [0.2, 0.25) is 0 Å². The number of halogens is 1. The molecule has 2 aromatic rings. The fourth-order valence-electron chi connectivity index (χ4n) is 2.02. The minimum Gasteiger partial charge on any atom is -0.356 e. The highest BCUT2D eigenvalue weighted by atomic mass is 127. The summed E-state index contributed by atoms with van der Waals surface area (Å²) < 4.78 is 0. The zero-order valence-electron chi connectivity index (χ0n) is 13.0. The molecule has 0 aliphatic heterocycles. The number of benzene rings is 1. The summed E-state index contributed by atoms with van der Waals surface area (Å²) in [5, 5.41) is 6.67. The van der Waals surface area contributed by atoms with Gasteiger partial charge in [-0.1, -0.05) is 30.3 Å². The second-order valence-corrected chi connectivity index (χ2v) is 5.74. The van der Waals surface area contributed by atoms with Crippen LogP contribution in [0.25, 0.3) is 0 Å². The van der Waals surface area contributed by atoms with E-state index in [2.05, 4.69) is 50.9 Å². The van der Waals surface area contributed by atoms with Crippen LogP contribution in [0, 0.1) is 6.92 Å². The smallest absolute Gasteiger partial charge is 0.191 e. The van der Waals surface area contributed by atoms with Crippen molar-refractivity contribution in [3.8, 4) is 0 Å². The topological polar surface area (TPSA) is 49.3 Å². The van der Waals surface area contributed by atoms with Gasteiger partial charge in [-0.15, -0.1) is 35.3 Å². The van der Waals surface area contributed by atoms with Gasteiger partial charge in [0.2, 0.25) is 0 Å². The van der Waals surface area contributed by atoms with E-state index in [1.54, 1.807) is 18.4 Å². The molecule has 1 aromatic carbocycles. The van der Waals surface area contributed by atoms with Gasteiger partial charge in [0.05, 0.1) is 17.7 Å². The Hall–Kier alpha value is -1.15. The molecule has 6 heteroatoms. The Bertz CT molecular complexity index is 569. The first-order valence-electron chi connectivity index (χ1n) is 7.17. The Morgan fingerprint density at radius 1 is 1.23 bits per heavy atom. The van der Waals surface area contributed by atoms with Crippen molar-refractivity contribution in [3.05, 3.63) is 52.0 Å². The van der Waals surface area contributed by atoms with Crippen LogP contribution in [0.3, 0.4) is 0 Å². The standard InChI is InChI=1S/C16H22N4S.HI/c1-13-15(21-12-20-13)11-19-16(17-2)18-10-6-9-14-7-4-3-5-8-14;/h3-5,7-8,12H,6,9-11H2,1-2H3,(H2,17,18,19);1H. The number of hydrogen-bond acceptors (Lipinski definition) is 3. The first kappa shape index (κ1) is 18.9. The highest BCUT2D eigenvalue weighted by Gasteiger charge is 2.02. The molecule has 0 saturated carbocycles. The van der Waals surface area contributed by atoms with E-state index in [-0.39, 0.29) is 24.0 Å². The lowest BCUT2D eigenvalue weighted by molar-refractivity contribution is 0.743. The Labute approximate surface area is 153 Å². The van der Waals surface area contributed by atoms with Gasteiger partial charge in [-0.25, -0.2) is 4.98 Å². The molecule has 0 unspecified atom stereocenters. The molecular formula is C16H23IN4S. The molecular weight excluding hydrogens is 407 g/mol. The summed E-state index contributed by atoms with van der Waals surface area (Å²) >= 11 is 1.67. The lowest BCUT2D eigenvalue weighted by Gasteiger charge is -2.11. The molecule has 120 valence electrons. The fourth-order valence-corrected chi connectivity index (χ4v) is 2.74. The number of nitrogens with one attached hydrogen (secondary N) is 2. The zero-order valence-corrected chi connectivity index (χ0v) is 16.2. The minimum atomic E-state index is 0. The first-order valence-corrected chi connectivity index (χ1v) is 8.05. The molecule has 2 rings (SSSR count). The maximum Gasteiger partial charge on any atom is 0.191 e. The quantitative estimate of drug-likeness (QED) is 0.320. The van der Waals surface area contributed by atoms with Crippen LogP contribution in [-0.4, -0.2) is 24.5 Å². The number of aryl methyl sites for hydroxylation is 2. The maximum absolute atomic E-state index is 4.25. The molecule has 1 heterocycles. The largest absolute Gasteiger partial charge is 0.356 e. The second-order valence-electron chi connectivity index (χ2n) is 4.80. The maximum atomic E-state index is 4.25. The van der Waals surface area contributed by atoms with Crippen molar-refractivity contribution in [2.45, 2.75) is 26.3 Å². The molecule has 0 aliphatic rings. The molecule has 22 heavy (non-hydrogen) atoms. The van der Waals surface area contributed by atoms with Crippen LogP contribution < -0.4 is 10.6 Å². The van der Waals surface area contributed by atoms with Crippen molar-refractivity contribution in [3.63, 3.8) is 0 Å². The van der Waals surface area contributed by atoms with Crippen LogP contribution in [0.5, 0.6) is 0 Å². The number of thiazole rings is 1. The van der Waals surface area contributed by atoms with Gasteiger partial charge in [0.15, 0.2) is 5.96 Å². The number of hydrogen-bond donors (Lipinski definition) is 2. The number of aliphatic imine (C=N–C) groups is 1. The Kier molecular flexibility index (Phi) is 9.07. The second kappa shape index (κ2) is 10.6. The number of rotatable bonds is 6. The third-order valence-corrected chi connectivity index (χ3v) is 4.20. The van der Waals surface area contributed by atoms with Gasteiger partial charge >= 0.3 is 0 Å². The number of aromatic nitrogens is 1. The van der Waals surface area contributed by atoms with E-state index in [1.165, 1.54) is 10.4 Å². The molecule has 0 amide bonds. The summed E-state index contributed by atoms with van der Waals surface area (Å²) in [6.45, 7) is 3.72. The monoisotopic (exact) mass is 430 g/mol. The summed E-state index contributed by atoms with van der Waals surface area (Å²) in [4.78, 5) is 9.74. The molecule has 4 nitrogen and oxygen atoms in total. The molecule has 0 aliphatic carbocycles. The summed E-state index contributed by atoms with van der Waals surface area (Å²) in [6.07, 6.45) is 2.17. The van der Waals surface area contributed by atoms with Crippen LogP contribution in [-0.2, 0) is 13.0 Å². The number of nitrogens with zero attached hydrogens (tertiary/aromatic N) is 2. The molecule has 0 fully saturated rings. The predicted octanol–water partition coefficient (Wildman–Crippen LogP) is 3.37. The molecule has 0 bridgehead atoms. The average molecular weight is 430 g/mol. The van der Waals surface area contributed by atoms with E-state index in [9.17, 15) is 0 Å². The summed E-state index contributed by atoms with van der Waals surface area (Å²) in [5.41, 5.74) is 4.34. The van der Waals surface area contributed by atoms with E-state index in [4.69, 9.17) is 0 Å². The van der Waals surface area contributed by atoms with Crippen molar-refractivity contribution in [1.29, 1.82) is 0 Å². The molecule has 2 N–H and O–H groups in total. The number of guanidine groups is 1. The lowest BCUT2D eigenvalue weighted by Crippen LogP contribution is -2.37. The SMILES string of the molecule is CN=C(NCCCc1ccccc1)NCc1scnc1C.I. The van der Waals surface area contributed by atoms with Crippen LogP contribution >= 0.6 is 35.3 Å². The van der Waals surface area contributed by atoms with Crippen molar-refractivity contribution in [2.24, 2.45) is 4.99 Å². The van der Waals surface area contributed by atoms with E-state index in [1.807, 2.05) is 12.4 Å². The Morgan fingerprint density at radius 2 is 2.00 bits per heavy atom. The predicted molar refractivity (Wildman–Crippen MR) is 105 cm³/mol. The van der Waals surface area contributed by atoms with Gasteiger partial charge in [0, 0.05) is 18.5 Å². The van der Waals surface area contributed by atoms with Gasteiger partial charge in [0.1, 0.15) is 0 Å².